The maximum absolute atomic E-state index is 12.2. The molecule has 1 amide bonds. The highest BCUT2D eigenvalue weighted by molar-refractivity contribution is 5.73. The van der Waals surface area contributed by atoms with Crippen LogP contribution in [0.5, 0.6) is 0 Å². The number of rotatable bonds is 24. The lowest BCUT2D eigenvalue weighted by atomic mass is 9.87. The molecular weight excluding hydrogens is 748 g/mol. The van der Waals surface area contributed by atoms with E-state index in [1.165, 1.54) is 46.0 Å². The van der Waals surface area contributed by atoms with Crippen LogP contribution in [0, 0.1) is 5.92 Å². The molecule has 0 spiro atoms. The average molecular weight is 815 g/mol. The van der Waals surface area contributed by atoms with Crippen molar-refractivity contribution in [2.45, 2.75) is 183 Å². The minimum Gasteiger partial charge on any atom is -0.410 e. The number of carbonyl (C=O) groups is 2. The lowest BCUT2D eigenvalue weighted by Gasteiger charge is -2.48. The monoisotopic (exact) mass is 814 g/mol. The van der Waals surface area contributed by atoms with Crippen LogP contribution in [0.15, 0.2) is 0 Å². The highest BCUT2D eigenvalue weighted by Crippen LogP contribution is 2.38. The molecule has 56 heavy (non-hydrogen) atoms. The Morgan fingerprint density at radius 2 is 1.57 bits per heavy atom. The van der Waals surface area contributed by atoms with Crippen molar-refractivity contribution < 1.29 is 88.7 Å². The summed E-state index contributed by atoms with van der Waals surface area (Å²) in [5, 5.41) is 97.3. The number of ether oxygens (including phenoxy) is 7. The first kappa shape index (κ1) is 48.7. The second-order valence-corrected chi connectivity index (χ2v) is 15.1. The van der Waals surface area contributed by atoms with Crippen LogP contribution in [0.1, 0.15) is 85.0 Å². The Hall–Kier alpha value is -1.70. The molecule has 20 nitrogen and oxygen atoms in total. The molecule has 12 N–H and O–H groups in total. The third kappa shape index (κ3) is 13.4. The summed E-state index contributed by atoms with van der Waals surface area (Å²) < 4.78 is 39.9. The number of nitrogens with two attached hydrogens (primary N) is 1. The van der Waals surface area contributed by atoms with Gasteiger partial charge < -0.3 is 90.2 Å². The van der Waals surface area contributed by atoms with Crippen molar-refractivity contribution in [1.29, 1.82) is 0 Å². The van der Waals surface area contributed by atoms with Gasteiger partial charge in [-0.25, -0.2) is 0 Å². The molecule has 0 radical (unpaired) electrons. The van der Waals surface area contributed by atoms with Crippen molar-refractivity contribution in [3.8, 4) is 0 Å². The zero-order chi connectivity index (χ0) is 41.6. The Morgan fingerprint density at radius 3 is 2.18 bits per heavy atom. The SMILES string of the molecule is CCCCCCCCCCC(N)CO[C@@H]1OC(CO)[C@@H](O[C@@H]2OC(CO[C@]3(OC=O)C[C@@H](O)[C@@H](C)C([C@H](O)[C@H](O)CO)O3)[C@H](O)[C@H](O)C2O)[C@H](O)C1NC(C)=O. The molecule has 3 saturated heterocycles. The maximum atomic E-state index is 12.2. The predicted octanol–water partition coefficient (Wildman–Crippen LogP) is -3.02. The first-order valence-electron chi connectivity index (χ1n) is 19.7. The molecule has 3 aliphatic rings. The number of carbonyl (C=O) groups excluding carboxylic acids is 2. The molecular formula is C36H66N2O18. The topological polar surface area (TPSA) is 319 Å². The third-order valence-electron chi connectivity index (χ3n) is 10.6. The number of hydrogen-bond acceptors (Lipinski definition) is 19. The van der Waals surface area contributed by atoms with E-state index in [4.69, 9.17) is 38.9 Å². The second kappa shape index (κ2) is 23.8. The first-order chi connectivity index (χ1) is 26.6. The zero-order valence-electron chi connectivity index (χ0n) is 32.5. The molecule has 20 heteroatoms. The van der Waals surface area contributed by atoms with Crippen LogP contribution in [0.4, 0.5) is 0 Å². The maximum Gasteiger partial charge on any atom is 0.332 e. The van der Waals surface area contributed by atoms with Gasteiger partial charge >= 0.3 is 5.97 Å². The van der Waals surface area contributed by atoms with Crippen LogP contribution in [-0.4, -0.2) is 183 Å². The largest absolute Gasteiger partial charge is 0.410 e. The standard InChI is InChI=1S/C36H66N2O18/c1-4-5-6-7-8-9-10-11-12-21(37)16-50-34-26(38-20(3)42)29(47)33(24(15-40)53-34)55-35-31(49)30(48)28(46)25(54-35)17-51-36(52-18-41)13-22(43)19(2)32(56-36)27(45)23(44)14-39/h18-19,21-35,39-40,43-49H,4-17,37H2,1-3H3,(H,38,42)/t19-,21?,22-,23-,24?,25?,26?,27-,28+,29-,30+,31?,32?,33-,34-,35+,36+/m1/s1. The molecule has 3 heterocycles. The summed E-state index contributed by atoms with van der Waals surface area (Å²) in [4.78, 5) is 23.7. The number of aliphatic hydroxyl groups excluding tert-OH is 9. The summed E-state index contributed by atoms with van der Waals surface area (Å²) in [6.45, 7) is 2.45. The zero-order valence-corrected chi connectivity index (χ0v) is 32.5. The summed E-state index contributed by atoms with van der Waals surface area (Å²) in [6.07, 6.45) is -11.9. The fourth-order valence-electron chi connectivity index (χ4n) is 7.15. The highest BCUT2D eigenvalue weighted by Gasteiger charge is 2.54. The van der Waals surface area contributed by atoms with Crippen LogP contribution in [0.2, 0.25) is 0 Å². The molecule has 0 aromatic heterocycles. The van der Waals surface area contributed by atoms with Gasteiger partial charge in [-0.2, -0.15) is 0 Å². The third-order valence-corrected chi connectivity index (χ3v) is 10.6. The Kier molecular flexibility index (Phi) is 20.7. The Morgan fingerprint density at radius 1 is 0.929 bits per heavy atom. The molecule has 0 saturated carbocycles. The van der Waals surface area contributed by atoms with Crippen molar-refractivity contribution >= 4 is 12.4 Å². The molecule has 3 fully saturated rings. The van der Waals surface area contributed by atoms with Gasteiger partial charge in [-0.05, 0) is 6.42 Å². The second-order valence-electron chi connectivity index (χ2n) is 15.1. The van der Waals surface area contributed by atoms with E-state index in [9.17, 15) is 55.5 Å². The van der Waals surface area contributed by atoms with E-state index in [0.717, 1.165) is 19.3 Å². The van der Waals surface area contributed by atoms with E-state index in [1.54, 1.807) is 0 Å². The first-order valence-corrected chi connectivity index (χ1v) is 19.7. The van der Waals surface area contributed by atoms with Crippen LogP contribution in [-0.2, 0) is 42.7 Å². The molecule has 0 bridgehead atoms. The van der Waals surface area contributed by atoms with E-state index < -0.39 is 130 Å². The number of aliphatic hydroxyl groups is 9. The minimum atomic E-state index is -2.42. The number of amides is 1. The molecule has 17 atom stereocenters. The van der Waals surface area contributed by atoms with Gasteiger partial charge in [-0.15, -0.1) is 0 Å². The van der Waals surface area contributed by atoms with Gasteiger partial charge in [0.05, 0.1) is 45.1 Å². The fraction of sp³-hybridized carbons (Fsp3) is 0.944. The van der Waals surface area contributed by atoms with E-state index in [1.807, 2.05) is 0 Å². The van der Waals surface area contributed by atoms with Gasteiger partial charge in [0.25, 0.3) is 6.47 Å². The van der Waals surface area contributed by atoms with E-state index in [2.05, 4.69) is 12.2 Å². The molecule has 0 aromatic carbocycles. The summed E-state index contributed by atoms with van der Waals surface area (Å²) >= 11 is 0. The fourth-order valence-corrected chi connectivity index (χ4v) is 7.15. The van der Waals surface area contributed by atoms with E-state index >= 15 is 0 Å². The average Bonchev–Trinajstić information content (AvgIpc) is 3.17. The normalized spacial score (nSPS) is 38.1. The van der Waals surface area contributed by atoms with Crippen LogP contribution in [0.3, 0.4) is 0 Å². The van der Waals surface area contributed by atoms with Gasteiger partial charge in [0.15, 0.2) is 12.6 Å². The van der Waals surface area contributed by atoms with Gasteiger partial charge in [0, 0.05) is 18.9 Å². The van der Waals surface area contributed by atoms with Crippen molar-refractivity contribution in [3.05, 3.63) is 0 Å². The summed E-state index contributed by atoms with van der Waals surface area (Å²) in [5.74, 6) is -3.82. The number of unbranched alkanes of at least 4 members (excludes halogenated alkanes) is 7. The Labute approximate surface area is 327 Å². The summed E-state index contributed by atoms with van der Waals surface area (Å²) in [6, 6.07) is -1.63. The molecule has 0 aromatic rings. The molecule has 328 valence electrons. The van der Waals surface area contributed by atoms with Gasteiger partial charge in [-0.3, -0.25) is 9.59 Å². The summed E-state index contributed by atoms with van der Waals surface area (Å²) in [7, 11) is 0. The predicted molar refractivity (Wildman–Crippen MR) is 192 cm³/mol. The molecule has 3 aliphatic heterocycles. The van der Waals surface area contributed by atoms with Crippen molar-refractivity contribution in [2.75, 3.05) is 26.4 Å². The van der Waals surface area contributed by atoms with Crippen LogP contribution >= 0.6 is 0 Å². The lowest BCUT2D eigenvalue weighted by Crippen LogP contribution is -2.68. The van der Waals surface area contributed by atoms with Gasteiger partial charge in [-0.1, -0.05) is 65.2 Å². The Balaban J connectivity index is 1.68. The highest BCUT2D eigenvalue weighted by atomic mass is 16.9. The lowest BCUT2D eigenvalue weighted by molar-refractivity contribution is -0.423. The van der Waals surface area contributed by atoms with Crippen molar-refractivity contribution in [2.24, 2.45) is 11.7 Å². The quantitative estimate of drug-likeness (QED) is 0.0262. The van der Waals surface area contributed by atoms with Gasteiger partial charge in [0.2, 0.25) is 5.91 Å². The summed E-state index contributed by atoms with van der Waals surface area (Å²) in [5.41, 5.74) is 6.29. The van der Waals surface area contributed by atoms with E-state index in [-0.39, 0.29) is 19.1 Å². The number of hydrogen-bond donors (Lipinski definition) is 11. The molecule has 0 aliphatic carbocycles. The Bertz CT molecular complexity index is 1150. The van der Waals surface area contributed by atoms with Crippen molar-refractivity contribution in [3.63, 3.8) is 0 Å². The van der Waals surface area contributed by atoms with Gasteiger partial charge in [0.1, 0.15) is 61.0 Å². The van der Waals surface area contributed by atoms with Crippen LogP contribution < -0.4 is 11.1 Å². The molecule has 3 rings (SSSR count). The van der Waals surface area contributed by atoms with Crippen molar-refractivity contribution in [1.82, 2.24) is 5.32 Å². The van der Waals surface area contributed by atoms with E-state index in [0.29, 0.717) is 6.42 Å². The minimum absolute atomic E-state index is 0.0144. The van der Waals surface area contributed by atoms with Crippen LogP contribution in [0.25, 0.3) is 0 Å². The number of nitrogens with one attached hydrogen (secondary N) is 1. The molecule has 6 unspecified atom stereocenters. The smallest absolute Gasteiger partial charge is 0.332 e.